The van der Waals surface area contributed by atoms with E-state index in [0.29, 0.717) is 5.56 Å². The number of carbonyl (C=O) groups excluding carboxylic acids is 1. The molecule has 0 aromatic heterocycles. The van der Waals surface area contributed by atoms with E-state index < -0.39 is 5.91 Å². The molecule has 1 aromatic rings. The fourth-order valence-electron chi connectivity index (χ4n) is 1.21. The summed E-state index contributed by atoms with van der Waals surface area (Å²) in [4.78, 5) is 11.8. The highest BCUT2D eigenvalue weighted by molar-refractivity contribution is 7.97. The third-order valence-corrected chi connectivity index (χ3v) is 2.77. The summed E-state index contributed by atoms with van der Waals surface area (Å²) in [6.07, 6.45) is 0. The van der Waals surface area contributed by atoms with Crippen LogP contribution in [0.3, 0.4) is 0 Å². The van der Waals surface area contributed by atoms with Gasteiger partial charge in [-0.15, -0.1) is 0 Å². The Morgan fingerprint density at radius 1 is 1.43 bits per heavy atom. The Kier molecular flexibility index (Phi) is 2.09. The predicted molar refractivity (Wildman–Crippen MR) is 54.2 cm³/mol. The number of nitrogens with one attached hydrogen (secondary N) is 1. The van der Waals surface area contributed by atoms with Crippen LogP contribution in [0.25, 0.3) is 5.76 Å². The zero-order valence-corrected chi connectivity index (χ0v) is 7.97. The molecule has 4 nitrogen and oxygen atoms in total. The molecule has 14 heavy (non-hydrogen) atoms. The molecule has 0 fully saturated rings. The standard InChI is InChI=1S/C9H8N2O2S/c10-9(13)7-8(12)5-3-1-2-4-6(5)14-11-7/h1-4,11-12H,(H2,10,13). The van der Waals surface area contributed by atoms with Gasteiger partial charge in [-0.3, -0.25) is 4.79 Å². The summed E-state index contributed by atoms with van der Waals surface area (Å²) in [7, 11) is 0. The third kappa shape index (κ3) is 1.31. The van der Waals surface area contributed by atoms with Crippen LogP contribution in [-0.2, 0) is 4.79 Å². The van der Waals surface area contributed by atoms with Crippen LogP contribution in [0.15, 0.2) is 34.9 Å². The Morgan fingerprint density at radius 2 is 2.14 bits per heavy atom. The smallest absolute Gasteiger partial charge is 0.269 e. The highest BCUT2D eigenvalue weighted by Gasteiger charge is 2.21. The number of aliphatic hydroxyl groups excluding tert-OH is 1. The average molecular weight is 208 g/mol. The molecule has 0 bridgehead atoms. The molecule has 0 spiro atoms. The van der Waals surface area contributed by atoms with E-state index in [1.807, 2.05) is 12.1 Å². The molecule has 1 aliphatic rings. The van der Waals surface area contributed by atoms with Crippen LogP contribution < -0.4 is 10.5 Å². The molecule has 1 aromatic carbocycles. The summed E-state index contributed by atoms with van der Waals surface area (Å²) in [5.41, 5.74) is 5.76. The Bertz CT molecular complexity index is 429. The van der Waals surface area contributed by atoms with Crippen molar-refractivity contribution in [2.75, 3.05) is 0 Å². The van der Waals surface area contributed by atoms with Gasteiger partial charge in [-0.2, -0.15) is 0 Å². The van der Waals surface area contributed by atoms with Gasteiger partial charge in [-0.1, -0.05) is 12.1 Å². The third-order valence-electron chi connectivity index (χ3n) is 1.89. The molecular formula is C9H8N2O2S. The molecule has 1 aliphatic heterocycles. The molecule has 1 amide bonds. The number of aliphatic hydroxyl groups is 1. The maximum atomic E-state index is 10.9. The molecular weight excluding hydrogens is 200 g/mol. The van der Waals surface area contributed by atoms with E-state index in [0.717, 1.165) is 4.90 Å². The largest absolute Gasteiger partial charge is 0.505 e. The van der Waals surface area contributed by atoms with Crippen LogP contribution in [0.1, 0.15) is 5.56 Å². The first-order chi connectivity index (χ1) is 6.70. The van der Waals surface area contributed by atoms with Gasteiger partial charge in [0, 0.05) is 10.5 Å². The molecule has 0 aliphatic carbocycles. The molecule has 5 heteroatoms. The lowest BCUT2D eigenvalue weighted by atomic mass is 10.1. The summed E-state index contributed by atoms with van der Waals surface area (Å²) in [6, 6.07) is 7.23. The number of rotatable bonds is 1. The van der Waals surface area contributed by atoms with E-state index in [1.54, 1.807) is 12.1 Å². The molecule has 0 radical (unpaired) electrons. The van der Waals surface area contributed by atoms with Crippen molar-refractivity contribution in [3.05, 3.63) is 35.5 Å². The van der Waals surface area contributed by atoms with Crippen LogP contribution in [0.5, 0.6) is 0 Å². The van der Waals surface area contributed by atoms with E-state index in [-0.39, 0.29) is 11.5 Å². The average Bonchev–Trinajstić information content (AvgIpc) is 2.18. The summed E-state index contributed by atoms with van der Waals surface area (Å²) in [6.45, 7) is 0. The Labute approximate surface area is 84.9 Å². The topological polar surface area (TPSA) is 75.4 Å². The Hall–Kier alpha value is -1.62. The number of hydrogen-bond acceptors (Lipinski definition) is 4. The van der Waals surface area contributed by atoms with Crippen molar-refractivity contribution in [1.82, 2.24) is 4.72 Å². The zero-order chi connectivity index (χ0) is 10.1. The van der Waals surface area contributed by atoms with Gasteiger partial charge in [-0.25, -0.2) is 0 Å². The van der Waals surface area contributed by atoms with E-state index in [1.165, 1.54) is 11.9 Å². The van der Waals surface area contributed by atoms with Gasteiger partial charge in [0.2, 0.25) is 0 Å². The summed E-state index contributed by atoms with van der Waals surface area (Å²) < 4.78 is 2.70. The van der Waals surface area contributed by atoms with E-state index in [4.69, 9.17) is 5.73 Å². The number of hydrogen-bond donors (Lipinski definition) is 3. The van der Waals surface area contributed by atoms with Crippen LogP contribution >= 0.6 is 11.9 Å². The van der Waals surface area contributed by atoms with E-state index >= 15 is 0 Å². The van der Waals surface area contributed by atoms with Gasteiger partial charge in [-0.05, 0) is 24.1 Å². The normalized spacial score (nSPS) is 14.6. The maximum absolute atomic E-state index is 10.9. The maximum Gasteiger partial charge on any atom is 0.269 e. The minimum Gasteiger partial charge on any atom is -0.505 e. The Balaban J connectivity index is 2.56. The first-order valence-electron chi connectivity index (χ1n) is 3.95. The molecule has 1 heterocycles. The van der Waals surface area contributed by atoms with Gasteiger partial charge in [0.25, 0.3) is 5.91 Å². The molecule has 72 valence electrons. The van der Waals surface area contributed by atoms with Crippen molar-refractivity contribution >= 4 is 23.6 Å². The Morgan fingerprint density at radius 3 is 2.86 bits per heavy atom. The van der Waals surface area contributed by atoms with Crippen molar-refractivity contribution in [2.24, 2.45) is 5.73 Å². The zero-order valence-electron chi connectivity index (χ0n) is 7.15. The van der Waals surface area contributed by atoms with Crippen molar-refractivity contribution in [3.8, 4) is 0 Å². The predicted octanol–water partition coefficient (Wildman–Crippen LogP) is 1.01. The second-order valence-electron chi connectivity index (χ2n) is 2.79. The minimum atomic E-state index is -0.662. The SMILES string of the molecule is NC(=O)C1=C(O)c2ccccc2SN1. The second kappa shape index (κ2) is 3.26. The van der Waals surface area contributed by atoms with Gasteiger partial charge >= 0.3 is 0 Å². The van der Waals surface area contributed by atoms with Gasteiger partial charge in [0.1, 0.15) is 0 Å². The minimum absolute atomic E-state index is 0.0497. The van der Waals surface area contributed by atoms with Crippen molar-refractivity contribution in [2.45, 2.75) is 4.90 Å². The number of carbonyl (C=O) groups is 1. The van der Waals surface area contributed by atoms with Crippen LogP contribution in [0.2, 0.25) is 0 Å². The fraction of sp³-hybridized carbons (Fsp3) is 0. The second-order valence-corrected chi connectivity index (χ2v) is 3.64. The number of nitrogens with two attached hydrogens (primary N) is 1. The molecule has 4 N–H and O–H groups in total. The van der Waals surface area contributed by atoms with Gasteiger partial charge < -0.3 is 15.6 Å². The molecule has 2 rings (SSSR count). The lowest BCUT2D eigenvalue weighted by Crippen LogP contribution is -2.25. The monoisotopic (exact) mass is 208 g/mol. The lowest BCUT2D eigenvalue weighted by molar-refractivity contribution is -0.114. The van der Waals surface area contributed by atoms with E-state index in [9.17, 15) is 9.90 Å². The number of fused-ring (bicyclic) bond motifs is 1. The summed E-state index contributed by atoms with van der Waals surface area (Å²) in [5, 5.41) is 9.69. The molecule has 0 atom stereocenters. The highest BCUT2D eigenvalue weighted by atomic mass is 32.2. The number of primary amides is 1. The van der Waals surface area contributed by atoms with Crippen molar-refractivity contribution < 1.29 is 9.90 Å². The molecule has 0 saturated heterocycles. The lowest BCUT2D eigenvalue weighted by Gasteiger charge is -2.17. The highest BCUT2D eigenvalue weighted by Crippen LogP contribution is 2.31. The first kappa shape index (κ1) is 8.96. The van der Waals surface area contributed by atoms with Crippen molar-refractivity contribution in [1.29, 1.82) is 0 Å². The van der Waals surface area contributed by atoms with Gasteiger partial charge in [0.15, 0.2) is 11.5 Å². The van der Waals surface area contributed by atoms with Crippen LogP contribution in [0, 0.1) is 0 Å². The number of amides is 1. The fourth-order valence-corrected chi connectivity index (χ4v) is 2.04. The van der Waals surface area contributed by atoms with Gasteiger partial charge in [0.05, 0.1) is 0 Å². The quantitative estimate of drug-likeness (QED) is 0.602. The summed E-state index contributed by atoms with van der Waals surface area (Å²) >= 11 is 1.26. The van der Waals surface area contributed by atoms with Crippen LogP contribution in [0.4, 0.5) is 0 Å². The van der Waals surface area contributed by atoms with Crippen molar-refractivity contribution in [3.63, 3.8) is 0 Å². The first-order valence-corrected chi connectivity index (χ1v) is 4.77. The molecule has 0 unspecified atom stereocenters. The van der Waals surface area contributed by atoms with E-state index in [2.05, 4.69) is 4.72 Å². The number of benzene rings is 1. The van der Waals surface area contributed by atoms with Crippen LogP contribution in [-0.4, -0.2) is 11.0 Å². The molecule has 0 saturated carbocycles. The summed E-state index contributed by atoms with van der Waals surface area (Å²) in [5.74, 6) is -0.753.